The van der Waals surface area contributed by atoms with Crippen LogP contribution < -0.4 is 4.74 Å². The molecule has 0 saturated heterocycles. The highest BCUT2D eigenvalue weighted by Crippen LogP contribution is 2.30. The zero-order valence-corrected chi connectivity index (χ0v) is 14.6. The van der Waals surface area contributed by atoms with Crippen molar-refractivity contribution in [2.24, 2.45) is 5.92 Å². The predicted octanol–water partition coefficient (Wildman–Crippen LogP) is 3.78. The molecule has 1 heterocycles. The lowest BCUT2D eigenvalue weighted by Crippen LogP contribution is -2.47. The molecule has 0 amide bonds. The molecule has 0 aromatic carbocycles. The van der Waals surface area contributed by atoms with Gasteiger partial charge in [-0.1, -0.05) is 39.5 Å². The number of hydrogen-bond acceptors (Lipinski definition) is 4. The average molecular weight is 321 g/mol. The van der Waals surface area contributed by atoms with Gasteiger partial charge >= 0.3 is 12.0 Å². The fourth-order valence-electron chi connectivity index (χ4n) is 3.47. The Morgan fingerprint density at radius 2 is 1.96 bits per heavy atom. The first-order valence-corrected chi connectivity index (χ1v) is 9.21. The minimum Gasteiger partial charge on any atom is -0.392 e. The van der Waals surface area contributed by atoms with Crippen molar-refractivity contribution in [2.75, 3.05) is 13.1 Å². The summed E-state index contributed by atoms with van der Waals surface area (Å²) in [4.78, 5) is 22.0. The van der Waals surface area contributed by atoms with E-state index in [-0.39, 0.29) is 11.9 Å². The molecule has 1 aliphatic rings. The Morgan fingerprint density at radius 3 is 2.57 bits per heavy atom. The number of rotatable bonds is 9. The summed E-state index contributed by atoms with van der Waals surface area (Å²) in [6.07, 6.45) is 12.4. The van der Waals surface area contributed by atoms with Gasteiger partial charge in [-0.3, -0.25) is 9.69 Å². The lowest BCUT2D eigenvalue weighted by atomic mass is 9.83. The normalized spacial score (nSPS) is 21.5. The molecule has 5 heteroatoms. The second-order valence-electron chi connectivity index (χ2n) is 6.52. The van der Waals surface area contributed by atoms with Crippen molar-refractivity contribution >= 4 is 5.97 Å². The number of hydrogen-bond donors (Lipinski definition) is 1. The van der Waals surface area contributed by atoms with E-state index in [9.17, 15) is 4.79 Å². The molecule has 0 bridgehead atoms. The molecule has 1 aliphatic carbocycles. The zero-order valence-electron chi connectivity index (χ0n) is 14.6. The molecule has 1 fully saturated rings. The van der Waals surface area contributed by atoms with Gasteiger partial charge in [-0.05, 0) is 38.8 Å². The summed E-state index contributed by atoms with van der Waals surface area (Å²) in [6.45, 7) is 6.63. The van der Waals surface area contributed by atoms with Crippen molar-refractivity contribution < 1.29 is 9.53 Å². The molecular formula is C18H31N3O2. The van der Waals surface area contributed by atoms with Crippen molar-refractivity contribution in [1.29, 1.82) is 0 Å². The smallest absolute Gasteiger partial charge is 0.318 e. The van der Waals surface area contributed by atoms with Crippen LogP contribution in [0.1, 0.15) is 65.2 Å². The van der Waals surface area contributed by atoms with E-state index >= 15 is 0 Å². The van der Waals surface area contributed by atoms with Crippen LogP contribution in [0.5, 0.6) is 6.01 Å². The van der Waals surface area contributed by atoms with Crippen molar-refractivity contribution in [1.82, 2.24) is 14.9 Å². The Kier molecular flexibility index (Phi) is 7.59. The van der Waals surface area contributed by atoms with Crippen molar-refractivity contribution in [3.8, 4) is 6.01 Å². The first-order chi connectivity index (χ1) is 11.3. The van der Waals surface area contributed by atoms with Gasteiger partial charge in [-0.25, -0.2) is 4.98 Å². The molecule has 1 aromatic rings. The van der Waals surface area contributed by atoms with E-state index in [0.717, 1.165) is 32.4 Å². The van der Waals surface area contributed by atoms with E-state index in [2.05, 4.69) is 28.7 Å². The van der Waals surface area contributed by atoms with Gasteiger partial charge < -0.3 is 9.72 Å². The maximum absolute atomic E-state index is 12.6. The van der Waals surface area contributed by atoms with Crippen molar-refractivity contribution in [3.63, 3.8) is 0 Å². The van der Waals surface area contributed by atoms with E-state index in [4.69, 9.17) is 4.74 Å². The van der Waals surface area contributed by atoms with Crippen LogP contribution in [-0.2, 0) is 4.79 Å². The third kappa shape index (κ3) is 5.34. The van der Waals surface area contributed by atoms with Crippen molar-refractivity contribution in [2.45, 2.75) is 71.3 Å². The Bertz CT molecular complexity index is 439. The van der Waals surface area contributed by atoms with Crippen LogP contribution in [0.25, 0.3) is 0 Å². The van der Waals surface area contributed by atoms with E-state index in [1.54, 1.807) is 12.4 Å². The highest BCUT2D eigenvalue weighted by Gasteiger charge is 2.36. The number of carbonyl (C=O) groups is 1. The van der Waals surface area contributed by atoms with Gasteiger partial charge in [0, 0.05) is 18.4 Å². The number of ether oxygens (including phenoxy) is 1. The first kappa shape index (κ1) is 18.0. The largest absolute Gasteiger partial charge is 0.392 e. The maximum Gasteiger partial charge on any atom is 0.318 e. The molecule has 130 valence electrons. The average Bonchev–Trinajstić information content (AvgIpc) is 3.08. The Morgan fingerprint density at radius 1 is 1.26 bits per heavy atom. The van der Waals surface area contributed by atoms with Gasteiger partial charge in [0.15, 0.2) is 0 Å². The van der Waals surface area contributed by atoms with Crippen LogP contribution in [0, 0.1) is 5.92 Å². The fraction of sp³-hybridized carbons (Fsp3) is 0.778. The molecule has 1 aromatic heterocycles. The summed E-state index contributed by atoms with van der Waals surface area (Å²) in [5, 5.41) is 0. The molecule has 0 spiro atoms. The quantitative estimate of drug-likeness (QED) is 0.703. The number of nitrogens with one attached hydrogen (secondary N) is 1. The number of aromatic amines is 1. The lowest BCUT2D eigenvalue weighted by molar-refractivity contribution is -0.143. The molecule has 5 nitrogen and oxygen atoms in total. The molecule has 0 unspecified atom stereocenters. The highest BCUT2D eigenvalue weighted by molar-refractivity contribution is 5.75. The topological polar surface area (TPSA) is 58.2 Å². The third-order valence-corrected chi connectivity index (χ3v) is 4.77. The number of carbonyl (C=O) groups excluding carboxylic acids is 1. The van der Waals surface area contributed by atoms with Crippen LogP contribution in [0.3, 0.4) is 0 Å². The monoisotopic (exact) mass is 321 g/mol. The number of nitrogens with zero attached hydrogens (tertiary/aromatic N) is 2. The first-order valence-electron chi connectivity index (χ1n) is 9.21. The van der Waals surface area contributed by atoms with E-state index in [1.807, 2.05) is 0 Å². The molecule has 23 heavy (non-hydrogen) atoms. The van der Waals surface area contributed by atoms with Crippen LogP contribution in [0.15, 0.2) is 12.4 Å². The number of H-pyrrole nitrogens is 1. The van der Waals surface area contributed by atoms with Crippen LogP contribution >= 0.6 is 0 Å². The molecule has 2 atom stereocenters. The Labute approximate surface area is 139 Å². The van der Waals surface area contributed by atoms with Gasteiger partial charge in [0.2, 0.25) is 0 Å². The maximum atomic E-state index is 12.6. The van der Waals surface area contributed by atoms with Crippen LogP contribution in [-0.4, -0.2) is 40.0 Å². The Hall–Kier alpha value is -1.36. The van der Waals surface area contributed by atoms with Crippen LogP contribution in [0.4, 0.5) is 0 Å². The third-order valence-electron chi connectivity index (χ3n) is 4.77. The molecule has 2 rings (SSSR count). The molecular weight excluding hydrogens is 290 g/mol. The summed E-state index contributed by atoms with van der Waals surface area (Å²) < 4.78 is 5.45. The SMILES string of the molecule is CCCCN(CCCC)[C@@H]1CCCC[C@H]1C(=O)Oc1ncc[nH]1. The number of imidazole rings is 1. The number of esters is 1. The van der Waals surface area contributed by atoms with Crippen LogP contribution in [0.2, 0.25) is 0 Å². The molecule has 0 aliphatic heterocycles. The minimum absolute atomic E-state index is 0.0254. The molecule has 0 radical (unpaired) electrons. The second-order valence-corrected chi connectivity index (χ2v) is 6.52. The summed E-state index contributed by atoms with van der Waals surface area (Å²) >= 11 is 0. The zero-order chi connectivity index (χ0) is 16.5. The van der Waals surface area contributed by atoms with Gasteiger partial charge in [0.1, 0.15) is 0 Å². The van der Waals surface area contributed by atoms with Gasteiger partial charge in [-0.2, -0.15) is 0 Å². The van der Waals surface area contributed by atoms with E-state index in [0.29, 0.717) is 12.1 Å². The number of unbranched alkanes of at least 4 members (excludes halogenated alkanes) is 2. The minimum atomic E-state index is -0.123. The van der Waals surface area contributed by atoms with Gasteiger partial charge in [0.05, 0.1) is 5.92 Å². The van der Waals surface area contributed by atoms with Crippen molar-refractivity contribution in [3.05, 3.63) is 12.4 Å². The van der Waals surface area contributed by atoms with Gasteiger partial charge in [0.25, 0.3) is 0 Å². The predicted molar refractivity (Wildman–Crippen MR) is 91.4 cm³/mol. The standard InChI is InChI=1S/C18H31N3O2/c1-3-5-13-21(14-6-4-2)16-10-8-7-9-15(16)17(22)23-18-19-11-12-20-18/h11-12,15-16H,3-10,13-14H2,1-2H3,(H,19,20)/t15-,16-/m1/s1. The fourth-order valence-corrected chi connectivity index (χ4v) is 3.47. The van der Waals surface area contributed by atoms with E-state index in [1.165, 1.54) is 32.1 Å². The number of aromatic nitrogens is 2. The summed E-state index contributed by atoms with van der Waals surface area (Å²) in [6, 6.07) is 0.636. The Balaban J connectivity index is 2.02. The lowest BCUT2D eigenvalue weighted by Gasteiger charge is -2.38. The summed E-state index contributed by atoms with van der Waals surface area (Å²) in [5.41, 5.74) is 0. The second kappa shape index (κ2) is 9.71. The summed E-state index contributed by atoms with van der Waals surface area (Å²) in [7, 11) is 0. The molecule has 1 N–H and O–H groups in total. The van der Waals surface area contributed by atoms with Gasteiger partial charge in [-0.15, -0.1) is 0 Å². The molecule has 1 saturated carbocycles. The highest BCUT2D eigenvalue weighted by atomic mass is 16.5. The summed E-state index contributed by atoms with van der Waals surface area (Å²) in [5.74, 6) is -0.148. The van der Waals surface area contributed by atoms with E-state index < -0.39 is 0 Å².